The molecule has 84 valence electrons. The molecule has 0 aliphatic carbocycles. The zero-order valence-electron chi connectivity index (χ0n) is 9.20. The van der Waals surface area contributed by atoms with Gasteiger partial charge in [-0.2, -0.15) is 0 Å². The lowest BCUT2D eigenvalue weighted by molar-refractivity contribution is 0.0470. The second-order valence-corrected chi connectivity index (χ2v) is 4.40. The first-order valence-corrected chi connectivity index (χ1v) is 5.25. The van der Waals surface area contributed by atoms with E-state index >= 15 is 0 Å². The molecule has 1 rings (SSSR count). The minimum atomic E-state index is -0.717. The second kappa shape index (κ2) is 5.07. The minimum Gasteiger partial charge on any atom is -0.389 e. The number of ether oxygens (including phenoxy) is 1. The topological polar surface area (TPSA) is 58.7 Å². The van der Waals surface area contributed by atoms with Crippen LogP contribution in [0.5, 0.6) is 0 Å². The molecule has 0 bridgehead atoms. The van der Waals surface area contributed by atoms with Crippen molar-refractivity contribution in [1.29, 1.82) is 0 Å². The Hall–Kier alpha value is -0.160. The predicted octanol–water partition coefficient (Wildman–Crippen LogP) is -0.193. The molecule has 0 aromatic heterocycles. The molecule has 1 aliphatic rings. The second-order valence-electron chi connectivity index (χ2n) is 4.40. The van der Waals surface area contributed by atoms with E-state index in [0.29, 0.717) is 12.6 Å². The van der Waals surface area contributed by atoms with E-state index in [2.05, 4.69) is 4.90 Å². The van der Waals surface area contributed by atoms with Crippen molar-refractivity contribution in [3.05, 3.63) is 0 Å². The molecule has 14 heavy (non-hydrogen) atoms. The van der Waals surface area contributed by atoms with E-state index in [1.54, 1.807) is 14.0 Å². The van der Waals surface area contributed by atoms with Gasteiger partial charge in [-0.3, -0.25) is 0 Å². The van der Waals surface area contributed by atoms with Crippen molar-refractivity contribution in [1.82, 2.24) is 4.90 Å². The van der Waals surface area contributed by atoms with Gasteiger partial charge in [-0.05, 0) is 19.8 Å². The molecule has 1 fully saturated rings. The molecule has 0 aromatic rings. The number of methoxy groups -OCH3 is 1. The molecule has 0 spiro atoms. The maximum Gasteiger partial charge on any atom is 0.0753 e. The molecule has 4 nitrogen and oxygen atoms in total. The van der Waals surface area contributed by atoms with Gasteiger partial charge >= 0.3 is 0 Å². The highest BCUT2D eigenvalue weighted by Gasteiger charge is 2.24. The fourth-order valence-electron chi connectivity index (χ4n) is 1.69. The summed E-state index contributed by atoms with van der Waals surface area (Å²) >= 11 is 0. The summed E-state index contributed by atoms with van der Waals surface area (Å²) in [6, 6.07) is 0. The third kappa shape index (κ3) is 3.53. The Balaban J connectivity index is 2.20. The van der Waals surface area contributed by atoms with Crippen LogP contribution in [-0.4, -0.2) is 55.0 Å². The fraction of sp³-hybridized carbons (Fsp3) is 1.00. The van der Waals surface area contributed by atoms with E-state index in [1.807, 2.05) is 0 Å². The van der Waals surface area contributed by atoms with E-state index in [1.165, 1.54) is 0 Å². The lowest BCUT2D eigenvalue weighted by Crippen LogP contribution is -2.38. The van der Waals surface area contributed by atoms with Crippen molar-refractivity contribution in [2.45, 2.75) is 31.5 Å². The Morgan fingerprint density at radius 2 is 2.36 bits per heavy atom. The number of aliphatic hydroxyl groups is 1. The first-order chi connectivity index (χ1) is 6.57. The highest BCUT2D eigenvalue weighted by atomic mass is 16.5. The summed E-state index contributed by atoms with van der Waals surface area (Å²) in [4.78, 5) is 2.32. The highest BCUT2D eigenvalue weighted by molar-refractivity contribution is 4.80. The Labute approximate surface area is 86.0 Å². The van der Waals surface area contributed by atoms with Crippen LogP contribution in [0.3, 0.4) is 0 Å². The maximum absolute atomic E-state index is 9.72. The first kappa shape index (κ1) is 11.9. The van der Waals surface area contributed by atoms with Gasteiger partial charge in [0.1, 0.15) is 0 Å². The van der Waals surface area contributed by atoms with Gasteiger partial charge in [0.25, 0.3) is 0 Å². The monoisotopic (exact) mass is 202 g/mol. The summed E-state index contributed by atoms with van der Waals surface area (Å²) in [6.45, 7) is 5.08. The van der Waals surface area contributed by atoms with Gasteiger partial charge in [-0.1, -0.05) is 0 Å². The summed E-state index contributed by atoms with van der Waals surface area (Å²) in [6.07, 6.45) is 2.21. The van der Waals surface area contributed by atoms with Gasteiger partial charge in [0.15, 0.2) is 0 Å². The molecule has 2 atom stereocenters. The summed E-state index contributed by atoms with van der Waals surface area (Å²) < 4.78 is 5.27. The van der Waals surface area contributed by atoms with Crippen LogP contribution >= 0.6 is 0 Å². The molecular formula is C10H22N2O2. The van der Waals surface area contributed by atoms with Crippen LogP contribution in [0, 0.1) is 0 Å². The van der Waals surface area contributed by atoms with E-state index < -0.39 is 5.60 Å². The van der Waals surface area contributed by atoms with Crippen LogP contribution in [0.15, 0.2) is 0 Å². The maximum atomic E-state index is 9.72. The molecule has 0 saturated carbocycles. The Morgan fingerprint density at radius 1 is 1.64 bits per heavy atom. The Bertz CT molecular complexity index is 174. The van der Waals surface area contributed by atoms with Gasteiger partial charge in [-0.25, -0.2) is 0 Å². The number of nitrogens with zero attached hydrogens (tertiary/aromatic N) is 1. The molecular weight excluding hydrogens is 180 g/mol. The third-order valence-corrected chi connectivity index (χ3v) is 2.97. The van der Waals surface area contributed by atoms with Crippen molar-refractivity contribution in [2.24, 2.45) is 5.73 Å². The third-order valence-electron chi connectivity index (χ3n) is 2.97. The Kier molecular flexibility index (Phi) is 4.31. The molecule has 0 amide bonds. The van der Waals surface area contributed by atoms with Crippen LogP contribution in [0.1, 0.15) is 19.8 Å². The Morgan fingerprint density at radius 3 is 2.86 bits per heavy atom. The molecule has 3 N–H and O–H groups in total. The van der Waals surface area contributed by atoms with Crippen molar-refractivity contribution in [2.75, 3.05) is 33.3 Å². The summed E-state index contributed by atoms with van der Waals surface area (Å²) in [5.41, 5.74) is 4.73. The van der Waals surface area contributed by atoms with Gasteiger partial charge < -0.3 is 20.5 Å². The SMILES string of the molecule is COC1CCN(CCC(C)(O)CN)C1. The average molecular weight is 202 g/mol. The van der Waals surface area contributed by atoms with Crippen LogP contribution < -0.4 is 5.73 Å². The number of rotatable bonds is 5. The highest BCUT2D eigenvalue weighted by Crippen LogP contribution is 2.15. The molecule has 1 heterocycles. The van der Waals surface area contributed by atoms with Crippen molar-refractivity contribution < 1.29 is 9.84 Å². The zero-order chi connectivity index (χ0) is 10.6. The molecule has 2 unspecified atom stereocenters. The van der Waals surface area contributed by atoms with Crippen molar-refractivity contribution in [3.8, 4) is 0 Å². The normalized spacial score (nSPS) is 27.9. The van der Waals surface area contributed by atoms with Crippen LogP contribution in [0.2, 0.25) is 0 Å². The average Bonchev–Trinajstić information content (AvgIpc) is 2.63. The lowest BCUT2D eigenvalue weighted by atomic mass is 10.0. The van der Waals surface area contributed by atoms with Crippen LogP contribution in [-0.2, 0) is 4.74 Å². The number of hydrogen-bond acceptors (Lipinski definition) is 4. The van der Waals surface area contributed by atoms with Crippen LogP contribution in [0.4, 0.5) is 0 Å². The van der Waals surface area contributed by atoms with Gasteiger partial charge in [0.05, 0.1) is 11.7 Å². The zero-order valence-corrected chi connectivity index (χ0v) is 9.20. The molecule has 4 heteroatoms. The van der Waals surface area contributed by atoms with Gasteiger partial charge in [0, 0.05) is 33.3 Å². The van der Waals surface area contributed by atoms with Gasteiger partial charge in [0.2, 0.25) is 0 Å². The predicted molar refractivity (Wildman–Crippen MR) is 56.1 cm³/mol. The van der Waals surface area contributed by atoms with E-state index in [9.17, 15) is 5.11 Å². The van der Waals surface area contributed by atoms with Gasteiger partial charge in [-0.15, -0.1) is 0 Å². The summed E-state index contributed by atoms with van der Waals surface area (Å²) in [5.74, 6) is 0. The summed E-state index contributed by atoms with van der Waals surface area (Å²) in [5, 5.41) is 9.72. The molecule has 0 aromatic carbocycles. The molecule has 0 radical (unpaired) electrons. The van der Waals surface area contributed by atoms with E-state index in [4.69, 9.17) is 10.5 Å². The number of hydrogen-bond donors (Lipinski definition) is 2. The van der Waals surface area contributed by atoms with E-state index in [-0.39, 0.29) is 0 Å². The smallest absolute Gasteiger partial charge is 0.0753 e. The number of likely N-dealkylation sites (tertiary alicyclic amines) is 1. The lowest BCUT2D eigenvalue weighted by Gasteiger charge is -2.24. The fourth-order valence-corrected chi connectivity index (χ4v) is 1.69. The summed E-state index contributed by atoms with van der Waals surface area (Å²) in [7, 11) is 1.75. The van der Waals surface area contributed by atoms with Crippen LogP contribution in [0.25, 0.3) is 0 Å². The molecule has 1 saturated heterocycles. The minimum absolute atomic E-state index is 0.328. The first-order valence-electron chi connectivity index (χ1n) is 5.25. The largest absolute Gasteiger partial charge is 0.389 e. The quantitative estimate of drug-likeness (QED) is 0.648. The van der Waals surface area contributed by atoms with Crippen molar-refractivity contribution in [3.63, 3.8) is 0 Å². The van der Waals surface area contributed by atoms with Crippen molar-refractivity contribution >= 4 is 0 Å². The van der Waals surface area contributed by atoms with E-state index in [0.717, 1.165) is 32.5 Å². The number of nitrogens with two attached hydrogens (primary N) is 1. The molecule has 1 aliphatic heterocycles. The standard InChI is InChI=1S/C10H22N2O2/c1-10(13,8-11)4-6-12-5-3-9(7-12)14-2/h9,13H,3-8,11H2,1-2H3.